The zero-order valence-electron chi connectivity index (χ0n) is 6.26. The average Bonchev–Trinajstić information content (AvgIpc) is 1.88. The van der Waals surface area contributed by atoms with Crippen molar-refractivity contribution in [1.82, 2.24) is 5.32 Å². The second-order valence-corrected chi connectivity index (χ2v) is 2.68. The summed E-state index contributed by atoms with van der Waals surface area (Å²) in [5, 5.41) is 2.89. The number of rotatable bonds is 1. The molecule has 0 bridgehead atoms. The molecule has 2 heteroatoms. The highest BCUT2D eigenvalue weighted by atomic mass is 16.1. The molecule has 1 amide bonds. The Morgan fingerprint density at radius 2 is 2.40 bits per heavy atom. The van der Waals surface area contributed by atoms with Crippen LogP contribution in [-0.2, 0) is 4.79 Å². The maximum Gasteiger partial charge on any atom is 0.217 e. The minimum Gasteiger partial charge on any atom is -0.353 e. The SMILES string of the molecule is CC(=O)N[C@@H]1CC=CCC1. The predicted octanol–water partition coefficient (Wildman–Crippen LogP) is 1.23. The van der Waals surface area contributed by atoms with Gasteiger partial charge in [-0.25, -0.2) is 0 Å². The molecule has 56 valence electrons. The van der Waals surface area contributed by atoms with Crippen molar-refractivity contribution in [2.45, 2.75) is 32.2 Å². The van der Waals surface area contributed by atoms with Crippen LogP contribution in [-0.4, -0.2) is 11.9 Å². The molecule has 1 rings (SSSR count). The summed E-state index contributed by atoms with van der Waals surface area (Å²) >= 11 is 0. The van der Waals surface area contributed by atoms with Gasteiger partial charge in [0.15, 0.2) is 0 Å². The highest BCUT2D eigenvalue weighted by Crippen LogP contribution is 2.09. The summed E-state index contributed by atoms with van der Waals surface area (Å²) in [5.41, 5.74) is 0. The third-order valence-corrected chi connectivity index (χ3v) is 1.68. The molecular formula is C8H13NO. The van der Waals surface area contributed by atoms with Gasteiger partial charge in [0.1, 0.15) is 0 Å². The van der Waals surface area contributed by atoms with Gasteiger partial charge in [-0.2, -0.15) is 0 Å². The van der Waals surface area contributed by atoms with Gasteiger partial charge in [-0.1, -0.05) is 12.2 Å². The minimum absolute atomic E-state index is 0.0836. The maximum atomic E-state index is 10.6. The van der Waals surface area contributed by atoms with E-state index in [4.69, 9.17) is 0 Å². The van der Waals surface area contributed by atoms with Gasteiger partial charge in [0.05, 0.1) is 0 Å². The molecule has 1 aliphatic carbocycles. The second kappa shape index (κ2) is 3.40. The summed E-state index contributed by atoms with van der Waals surface area (Å²) in [6.45, 7) is 1.57. The van der Waals surface area contributed by atoms with Crippen molar-refractivity contribution < 1.29 is 4.79 Å². The van der Waals surface area contributed by atoms with E-state index in [0.717, 1.165) is 19.3 Å². The molecule has 2 nitrogen and oxygen atoms in total. The fourth-order valence-electron chi connectivity index (χ4n) is 1.21. The predicted molar refractivity (Wildman–Crippen MR) is 40.6 cm³/mol. The maximum absolute atomic E-state index is 10.6. The van der Waals surface area contributed by atoms with Crippen LogP contribution in [0.5, 0.6) is 0 Å². The van der Waals surface area contributed by atoms with Crippen LogP contribution < -0.4 is 5.32 Å². The van der Waals surface area contributed by atoms with Crippen molar-refractivity contribution >= 4 is 5.91 Å². The second-order valence-electron chi connectivity index (χ2n) is 2.68. The van der Waals surface area contributed by atoms with E-state index in [2.05, 4.69) is 17.5 Å². The lowest BCUT2D eigenvalue weighted by atomic mass is 10.0. The van der Waals surface area contributed by atoms with Crippen molar-refractivity contribution in [3.63, 3.8) is 0 Å². The Morgan fingerprint density at radius 1 is 1.60 bits per heavy atom. The Kier molecular flexibility index (Phi) is 2.49. The van der Waals surface area contributed by atoms with Gasteiger partial charge in [0, 0.05) is 13.0 Å². The van der Waals surface area contributed by atoms with Gasteiger partial charge in [-0.3, -0.25) is 4.79 Å². The van der Waals surface area contributed by atoms with Crippen LogP contribution in [0.2, 0.25) is 0 Å². The van der Waals surface area contributed by atoms with E-state index < -0.39 is 0 Å². The summed E-state index contributed by atoms with van der Waals surface area (Å²) in [5.74, 6) is 0.0836. The number of hydrogen-bond donors (Lipinski definition) is 1. The first-order valence-corrected chi connectivity index (χ1v) is 3.71. The highest BCUT2D eigenvalue weighted by Gasteiger charge is 2.09. The molecule has 1 N–H and O–H groups in total. The van der Waals surface area contributed by atoms with Crippen LogP contribution >= 0.6 is 0 Å². The lowest BCUT2D eigenvalue weighted by molar-refractivity contribution is -0.119. The van der Waals surface area contributed by atoms with Gasteiger partial charge in [0.2, 0.25) is 5.91 Å². The zero-order valence-corrected chi connectivity index (χ0v) is 6.26. The van der Waals surface area contributed by atoms with Crippen LogP contribution in [0.1, 0.15) is 26.2 Å². The molecule has 0 unspecified atom stereocenters. The number of allylic oxidation sites excluding steroid dienone is 1. The van der Waals surface area contributed by atoms with Crippen molar-refractivity contribution in [2.75, 3.05) is 0 Å². The Balaban J connectivity index is 2.28. The monoisotopic (exact) mass is 139 g/mol. The topological polar surface area (TPSA) is 29.1 Å². The zero-order chi connectivity index (χ0) is 7.40. The van der Waals surface area contributed by atoms with Crippen LogP contribution in [0.25, 0.3) is 0 Å². The van der Waals surface area contributed by atoms with Gasteiger partial charge >= 0.3 is 0 Å². The van der Waals surface area contributed by atoms with Gasteiger partial charge in [0.25, 0.3) is 0 Å². The van der Waals surface area contributed by atoms with Crippen LogP contribution in [0.4, 0.5) is 0 Å². The molecule has 0 heterocycles. The average molecular weight is 139 g/mol. The number of nitrogens with one attached hydrogen (secondary N) is 1. The first kappa shape index (κ1) is 7.32. The summed E-state index contributed by atoms with van der Waals surface area (Å²) in [4.78, 5) is 10.6. The molecule has 0 aliphatic heterocycles. The highest BCUT2D eigenvalue weighted by molar-refractivity contribution is 5.73. The Labute approximate surface area is 61.3 Å². The van der Waals surface area contributed by atoms with E-state index >= 15 is 0 Å². The van der Waals surface area contributed by atoms with E-state index in [-0.39, 0.29) is 5.91 Å². The molecule has 0 saturated heterocycles. The summed E-state index contributed by atoms with van der Waals surface area (Å²) in [6.07, 6.45) is 7.49. The lowest BCUT2D eigenvalue weighted by Gasteiger charge is -2.17. The number of carbonyl (C=O) groups is 1. The summed E-state index contributed by atoms with van der Waals surface area (Å²) in [7, 11) is 0. The Bertz CT molecular complexity index is 151. The standard InChI is InChI=1S/C8H13NO/c1-7(10)9-8-5-3-2-4-6-8/h2-3,8H,4-6H2,1H3,(H,9,10)/t8-/m1/s1. The molecule has 1 atom stereocenters. The van der Waals surface area contributed by atoms with Crippen LogP contribution in [0, 0.1) is 0 Å². The number of amides is 1. The molecule has 1 aliphatic rings. The van der Waals surface area contributed by atoms with E-state index in [9.17, 15) is 4.79 Å². The third-order valence-electron chi connectivity index (χ3n) is 1.68. The van der Waals surface area contributed by atoms with Crippen LogP contribution in [0.15, 0.2) is 12.2 Å². The molecule has 0 aromatic rings. The molecule has 0 saturated carbocycles. The fourth-order valence-corrected chi connectivity index (χ4v) is 1.21. The van der Waals surface area contributed by atoms with Gasteiger partial charge in [-0.05, 0) is 19.3 Å². The van der Waals surface area contributed by atoms with E-state index in [1.54, 1.807) is 6.92 Å². The fraction of sp³-hybridized carbons (Fsp3) is 0.625. The molecule has 0 spiro atoms. The number of carbonyl (C=O) groups excluding carboxylic acids is 1. The van der Waals surface area contributed by atoms with Crippen molar-refractivity contribution in [1.29, 1.82) is 0 Å². The van der Waals surface area contributed by atoms with Crippen molar-refractivity contribution in [3.05, 3.63) is 12.2 Å². The Hall–Kier alpha value is -0.790. The van der Waals surface area contributed by atoms with Crippen LogP contribution in [0.3, 0.4) is 0 Å². The lowest BCUT2D eigenvalue weighted by Crippen LogP contribution is -2.33. The van der Waals surface area contributed by atoms with Crippen molar-refractivity contribution in [3.8, 4) is 0 Å². The largest absolute Gasteiger partial charge is 0.353 e. The molecular weight excluding hydrogens is 126 g/mol. The van der Waals surface area contributed by atoms with E-state index in [1.165, 1.54) is 0 Å². The quantitative estimate of drug-likeness (QED) is 0.544. The van der Waals surface area contributed by atoms with Gasteiger partial charge < -0.3 is 5.32 Å². The molecule has 0 fully saturated rings. The first-order chi connectivity index (χ1) is 4.79. The summed E-state index contributed by atoms with van der Waals surface area (Å²) in [6, 6.07) is 0.391. The van der Waals surface area contributed by atoms with Crippen molar-refractivity contribution in [2.24, 2.45) is 0 Å². The molecule has 10 heavy (non-hydrogen) atoms. The van der Waals surface area contributed by atoms with E-state index in [0.29, 0.717) is 6.04 Å². The third kappa shape index (κ3) is 2.21. The molecule has 0 aromatic carbocycles. The molecule has 0 aromatic heterocycles. The first-order valence-electron chi connectivity index (χ1n) is 3.71. The Morgan fingerprint density at radius 3 is 2.90 bits per heavy atom. The van der Waals surface area contributed by atoms with Gasteiger partial charge in [-0.15, -0.1) is 0 Å². The molecule has 0 radical (unpaired) electrons. The van der Waals surface area contributed by atoms with E-state index in [1.807, 2.05) is 0 Å². The number of hydrogen-bond acceptors (Lipinski definition) is 1. The smallest absolute Gasteiger partial charge is 0.217 e. The summed E-state index contributed by atoms with van der Waals surface area (Å²) < 4.78 is 0. The minimum atomic E-state index is 0.0836. The normalized spacial score (nSPS) is 24.3.